The molecule has 0 aromatic carbocycles. The summed E-state index contributed by atoms with van der Waals surface area (Å²) in [4.78, 5) is 14.0. The number of nitrogens with one attached hydrogen (secondary N) is 1. The normalized spacial score (nSPS) is 18.3. The zero-order valence-electron chi connectivity index (χ0n) is 13.3. The fraction of sp³-hybridized carbons (Fsp3) is 0.929. The van der Waals surface area contributed by atoms with Gasteiger partial charge in [-0.05, 0) is 32.9 Å². The van der Waals surface area contributed by atoms with Crippen LogP contribution in [0.15, 0.2) is 0 Å². The van der Waals surface area contributed by atoms with E-state index in [1.807, 2.05) is 0 Å². The van der Waals surface area contributed by atoms with Crippen molar-refractivity contribution in [2.45, 2.75) is 44.2 Å². The molecule has 0 bridgehead atoms. The van der Waals surface area contributed by atoms with Crippen molar-refractivity contribution in [1.82, 2.24) is 10.2 Å². The van der Waals surface area contributed by atoms with Gasteiger partial charge in [-0.3, -0.25) is 4.79 Å². The molecule has 5 nitrogen and oxygen atoms in total. The Balaban J connectivity index is 0. The van der Waals surface area contributed by atoms with Gasteiger partial charge in [0.05, 0.1) is 6.61 Å². The van der Waals surface area contributed by atoms with Crippen LogP contribution in [0.2, 0.25) is 0 Å². The number of nitrogens with two attached hydrogens (primary N) is 1. The second kappa shape index (κ2) is 12.5. The Labute approximate surface area is 141 Å². The number of carbonyl (C=O) groups excluding carboxylic acids is 1. The smallest absolute Gasteiger partial charge is 0.239 e. The van der Waals surface area contributed by atoms with Gasteiger partial charge in [0.25, 0.3) is 0 Å². The molecule has 2 unspecified atom stereocenters. The van der Waals surface area contributed by atoms with E-state index in [0.29, 0.717) is 18.5 Å². The van der Waals surface area contributed by atoms with Crippen molar-refractivity contribution in [3.05, 3.63) is 0 Å². The topological polar surface area (TPSA) is 67.6 Å². The van der Waals surface area contributed by atoms with E-state index in [1.165, 1.54) is 32.1 Å². The van der Waals surface area contributed by atoms with Crippen molar-refractivity contribution in [3.63, 3.8) is 0 Å². The highest BCUT2D eigenvalue weighted by Gasteiger charge is 2.26. The van der Waals surface area contributed by atoms with Crippen LogP contribution in [0.5, 0.6) is 0 Å². The maximum absolute atomic E-state index is 11.8. The van der Waals surface area contributed by atoms with Crippen molar-refractivity contribution in [2.75, 3.05) is 34.4 Å². The van der Waals surface area contributed by atoms with Gasteiger partial charge in [0.1, 0.15) is 6.04 Å². The van der Waals surface area contributed by atoms with Crippen LogP contribution in [0.4, 0.5) is 0 Å². The summed E-state index contributed by atoms with van der Waals surface area (Å²) in [5, 5.41) is 2.96. The van der Waals surface area contributed by atoms with Gasteiger partial charge in [0, 0.05) is 19.7 Å². The number of likely N-dealkylation sites (N-methyl/N-ethyl adjacent to an activating group) is 1. The number of methoxy groups -OCH3 is 1. The number of hydrogen-bond donors (Lipinski definition) is 2. The van der Waals surface area contributed by atoms with Gasteiger partial charge in [-0.25, -0.2) is 0 Å². The Morgan fingerprint density at radius 2 is 1.86 bits per heavy atom. The number of halogens is 2. The number of nitrogens with zero attached hydrogens (tertiary/aromatic N) is 1. The average molecular weight is 344 g/mol. The quantitative estimate of drug-likeness (QED) is 0.733. The second-order valence-electron chi connectivity index (χ2n) is 5.74. The molecular formula is C14H31Cl2N3O2. The molecule has 0 heterocycles. The summed E-state index contributed by atoms with van der Waals surface area (Å²) in [5.74, 6) is 0.562. The molecule has 3 N–H and O–H groups in total. The highest BCUT2D eigenvalue weighted by Crippen LogP contribution is 2.27. The minimum atomic E-state index is -0.570. The minimum Gasteiger partial charge on any atom is -0.383 e. The van der Waals surface area contributed by atoms with E-state index in [2.05, 4.69) is 24.3 Å². The molecule has 0 radical (unpaired) electrons. The number of amides is 1. The third-order valence-electron chi connectivity index (χ3n) is 4.03. The van der Waals surface area contributed by atoms with E-state index in [1.54, 1.807) is 7.11 Å². The van der Waals surface area contributed by atoms with Crippen LogP contribution in [0.3, 0.4) is 0 Å². The molecule has 0 aromatic heterocycles. The lowest BCUT2D eigenvalue weighted by atomic mass is 9.83. The molecule has 1 rings (SSSR count). The van der Waals surface area contributed by atoms with Crippen LogP contribution in [0.25, 0.3) is 0 Å². The lowest BCUT2D eigenvalue weighted by Crippen LogP contribution is -2.50. The van der Waals surface area contributed by atoms with E-state index in [4.69, 9.17) is 10.5 Å². The highest BCUT2D eigenvalue weighted by molar-refractivity contribution is 5.85. The Morgan fingerprint density at radius 3 is 2.33 bits per heavy atom. The van der Waals surface area contributed by atoms with Gasteiger partial charge in [-0.15, -0.1) is 24.8 Å². The van der Waals surface area contributed by atoms with Gasteiger partial charge in [-0.2, -0.15) is 0 Å². The van der Waals surface area contributed by atoms with E-state index >= 15 is 0 Å². The van der Waals surface area contributed by atoms with Gasteiger partial charge in [0.15, 0.2) is 0 Å². The Kier molecular flexibility index (Phi) is 13.8. The first-order chi connectivity index (χ1) is 9.06. The molecule has 1 fully saturated rings. The van der Waals surface area contributed by atoms with Crippen molar-refractivity contribution >= 4 is 30.7 Å². The molecule has 7 heteroatoms. The highest BCUT2D eigenvalue weighted by atomic mass is 35.5. The van der Waals surface area contributed by atoms with Crippen molar-refractivity contribution < 1.29 is 9.53 Å². The Bertz CT molecular complexity index is 275. The van der Waals surface area contributed by atoms with Crippen LogP contribution in [0.1, 0.15) is 32.1 Å². The van der Waals surface area contributed by atoms with Gasteiger partial charge >= 0.3 is 0 Å². The Morgan fingerprint density at radius 1 is 1.29 bits per heavy atom. The molecule has 1 aliphatic carbocycles. The molecule has 0 spiro atoms. The summed E-state index contributed by atoms with van der Waals surface area (Å²) in [6.45, 7) is 0.940. The zero-order chi connectivity index (χ0) is 14.3. The molecule has 1 aliphatic rings. The maximum Gasteiger partial charge on any atom is 0.239 e. The Hall–Kier alpha value is -0.0700. The van der Waals surface area contributed by atoms with Crippen molar-refractivity contribution in [1.29, 1.82) is 0 Å². The van der Waals surface area contributed by atoms with E-state index in [9.17, 15) is 4.79 Å². The SMILES string of the molecule is COCC(N)C(=O)NCC(C1CCCCC1)N(C)C.Cl.Cl. The summed E-state index contributed by atoms with van der Waals surface area (Å²) in [6, 6.07) is -0.168. The van der Waals surface area contributed by atoms with Gasteiger partial charge < -0.3 is 20.7 Å². The van der Waals surface area contributed by atoms with E-state index in [-0.39, 0.29) is 37.3 Å². The molecule has 0 aliphatic heterocycles. The average Bonchev–Trinajstić information content (AvgIpc) is 2.39. The molecule has 21 heavy (non-hydrogen) atoms. The van der Waals surface area contributed by atoms with Crippen LogP contribution in [0, 0.1) is 5.92 Å². The second-order valence-corrected chi connectivity index (χ2v) is 5.74. The first-order valence-corrected chi connectivity index (χ1v) is 7.25. The first kappa shape index (κ1) is 23.2. The van der Waals surface area contributed by atoms with Crippen molar-refractivity contribution in [3.8, 4) is 0 Å². The standard InChI is InChI=1S/C14H29N3O2.2ClH/c1-17(2)13(11-7-5-4-6-8-11)9-16-14(18)12(15)10-19-3;;/h11-13H,4-10,15H2,1-3H3,(H,16,18);2*1H. The third-order valence-corrected chi connectivity index (χ3v) is 4.03. The molecule has 1 saturated carbocycles. The summed E-state index contributed by atoms with van der Waals surface area (Å²) in [5.41, 5.74) is 5.72. The number of hydrogen-bond acceptors (Lipinski definition) is 4. The summed E-state index contributed by atoms with van der Waals surface area (Å²) < 4.78 is 4.90. The van der Waals surface area contributed by atoms with Gasteiger partial charge in [-0.1, -0.05) is 19.3 Å². The molecule has 2 atom stereocenters. The first-order valence-electron chi connectivity index (χ1n) is 7.25. The fourth-order valence-corrected chi connectivity index (χ4v) is 2.88. The minimum absolute atomic E-state index is 0. The molecule has 0 aromatic rings. The number of ether oxygens (including phenoxy) is 1. The predicted molar refractivity (Wildman–Crippen MR) is 91.4 cm³/mol. The van der Waals surface area contributed by atoms with E-state index < -0.39 is 6.04 Å². The lowest BCUT2D eigenvalue weighted by Gasteiger charge is -2.35. The molecule has 128 valence electrons. The largest absolute Gasteiger partial charge is 0.383 e. The zero-order valence-corrected chi connectivity index (χ0v) is 15.0. The maximum atomic E-state index is 11.8. The van der Waals surface area contributed by atoms with Crippen molar-refractivity contribution in [2.24, 2.45) is 11.7 Å². The van der Waals surface area contributed by atoms with Crippen LogP contribution in [-0.4, -0.2) is 57.2 Å². The monoisotopic (exact) mass is 343 g/mol. The number of carbonyl (C=O) groups is 1. The summed E-state index contributed by atoms with van der Waals surface area (Å²) >= 11 is 0. The van der Waals surface area contributed by atoms with E-state index in [0.717, 1.165) is 0 Å². The lowest BCUT2D eigenvalue weighted by molar-refractivity contribution is -0.123. The van der Waals surface area contributed by atoms with Crippen LogP contribution < -0.4 is 11.1 Å². The fourth-order valence-electron chi connectivity index (χ4n) is 2.88. The summed E-state index contributed by atoms with van der Waals surface area (Å²) in [7, 11) is 5.72. The predicted octanol–water partition coefficient (Wildman–Crippen LogP) is 1.43. The van der Waals surface area contributed by atoms with Gasteiger partial charge in [0.2, 0.25) is 5.91 Å². The molecule has 1 amide bonds. The molecular weight excluding hydrogens is 313 g/mol. The third kappa shape index (κ3) is 8.21. The number of rotatable bonds is 7. The molecule has 0 saturated heterocycles. The van der Waals surface area contributed by atoms with Crippen LogP contribution >= 0.6 is 24.8 Å². The van der Waals surface area contributed by atoms with Crippen LogP contribution in [-0.2, 0) is 9.53 Å². The summed E-state index contributed by atoms with van der Waals surface area (Å²) in [6.07, 6.45) is 6.51.